The molecule has 0 bridgehead atoms. The third kappa shape index (κ3) is 5.63. The van der Waals surface area contributed by atoms with Gasteiger partial charge in [-0.25, -0.2) is 4.98 Å². The largest absolute Gasteiger partial charge is 0.353 e. The number of carbonyl (C=O) groups excluding carboxylic acids is 1. The number of thioether (sulfide) groups is 1. The number of hydrogen-bond donors (Lipinski definition) is 2. The minimum absolute atomic E-state index is 0.0634. The smallest absolute Gasteiger partial charge is 0.230 e. The molecule has 0 saturated heterocycles. The van der Waals surface area contributed by atoms with Crippen molar-refractivity contribution in [1.82, 2.24) is 20.5 Å². The summed E-state index contributed by atoms with van der Waals surface area (Å²) in [6, 6.07) is 0.233. The topological polar surface area (TPSA) is 70.7 Å². The van der Waals surface area contributed by atoms with Gasteiger partial charge in [-0.05, 0) is 38.5 Å². The maximum absolute atomic E-state index is 11.9. The molecule has 5 nitrogen and oxygen atoms in total. The minimum Gasteiger partial charge on any atom is -0.353 e. The van der Waals surface area contributed by atoms with Crippen LogP contribution in [0.25, 0.3) is 0 Å². The minimum atomic E-state index is 0.0634. The van der Waals surface area contributed by atoms with Crippen molar-refractivity contribution >= 4 is 17.7 Å². The molecule has 1 aromatic heterocycles. The van der Waals surface area contributed by atoms with Gasteiger partial charge in [0.25, 0.3) is 0 Å². The first-order chi connectivity index (χ1) is 10.5. The summed E-state index contributed by atoms with van der Waals surface area (Å²) in [5.74, 6) is 2.65. The van der Waals surface area contributed by atoms with E-state index in [0.717, 1.165) is 18.7 Å². The van der Waals surface area contributed by atoms with Gasteiger partial charge in [0.15, 0.2) is 0 Å². The molecule has 6 heteroatoms. The lowest BCUT2D eigenvalue weighted by Crippen LogP contribution is -2.34. The van der Waals surface area contributed by atoms with Crippen LogP contribution in [0.3, 0.4) is 0 Å². The molecule has 1 amide bonds. The fourth-order valence-electron chi connectivity index (χ4n) is 2.81. The molecule has 0 radical (unpaired) electrons. The van der Waals surface area contributed by atoms with Crippen molar-refractivity contribution in [2.75, 3.05) is 5.75 Å². The normalized spacial score (nSPS) is 17.1. The van der Waals surface area contributed by atoms with Crippen LogP contribution in [0.15, 0.2) is 5.16 Å². The third-order valence-corrected chi connectivity index (χ3v) is 4.99. The number of aromatic nitrogens is 3. The first kappa shape index (κ1) is 17.3. The van der Waals surface area contributed by atoms with Gasteiger partial charge in [0, 0.05) is 12.0 Å². The predicted molar refractivity (Wildman–Crippen MR) is 90.0 cm³/mol. The van der Waals surface area contributed by atoms with E-state index in [1.807, 2.05) is 0 Å². The number of amides is 1. The zero-order valence-corrected chi connectivity index (χ0v) is 14.7. The van der Waals surface area contributed by atoms with Crippen molar-refractivity contribution < 1.29 is 4.79 Å². The fourth-order valence-corrected chi connectivity index (χ4v) is 3.42. The Kier molecular flexibility index (Phi) is 6.73. The van der Waals surface area contributed by atoms with Gasteiger partial charge in [0.1, 0.15) is 5.82 Å². The van der Waals surface area contributed by atoms with E-state index in [4.69, 9.17) is 0 Å². The zero-order chi connectivity index (χ0) is 15.9. The summed E-state index contributed by atoms with van der Waals surface area (Å²) in [4.78, 5) is 16.5. The van der Waals surface area contributed by atoms with Crippen LogP contribution >= 0.6 is 11.8 Å². The number of nitrogens with zero attached hydrogens (tertiary/aromatic N) is 2. The van der Waals surface area contributed by atoms with Gasteiger partial charge in [0.05, 0.1) is 5.75 Å². The Hall–Kier alpha value is -1.04. The summed E-state index contributed by atoms with van der Waals surface area (Å²) in [7, 11) is 0. The molecule has 22 heavy (non-hydrogen) atoms. The highest BCUT2D eigenvalue weighted by Gasteiger charge is 2.21. The van der Waals surface area contributed by atoms with Gasteiger partial charge in [-0.1, -0.05) is 38.5 Å². The van der Waals surface area contributed by atoms with E-state index in [-0.39, 0.29) is 11.9 Å². The number of aromatic amines is 1. The second kappa shape index (κ2) is 8.56. The molecule has 0 spiro atoms. The van der Waals surface area contributed by atoms with Crippen molar-refractivity contribution in [3.05, 3.63) is 5.82 Å². The molecule has 1 aliphatic carbocycles. The summed E-state index contributed by atoms with van der Waals surface area (Å²) in [5, 5.41) is 11.0. The predicted octanol–water partition coefficient (Wildman–Crippen LogP) is 3.50. The van der Waals surface area contributed by atoms with Crippen LogP contribution in [-0.2, 0) is 4.79 Å². The van der Waals surface area contributed by atoms with E-state index in [9.17, 15) is 4.79 Å². The summed E-state index contributed by atoms with van der Waals surface area (Å²) < 4.78 is 0. The van der Waals surface area contributed by atoms with Gasteiger partial charge < -0.3 is 5.32 Å². The van der Waals surface area contributed by atoms with Crippen LogP contribution in [0.2, 0.25) is 0 Å². The molecule has 1 atom stereocenters. The number of rotatable bonds is 8. The van der Waals surface area contributed by atoms with Crippen molar-refractivity contribution in [1.29, 1.82) is 0 Å². The van der Waals surface area contributed by atoms with Crippen molar-refractivity contribution in [3.8, 4) is 0 Å². The number of carbonyl (C=O) groups is 1. The molecule has 2 rings (SSSR count). The van der Waals surface area contributed by atoms with E-state index >= 15 is 0 Å². The van der Waals surface area contributed by atoms with Gasteiger partial charge in [0.2, 0.25) is 11.1 Å². The Balaban J connectivity index is 1.69. The van der Waals surface area contributed by atoms with Gasteiger partial charge in [-0.2, -0.15) is 0 Å². The summed E-state index contributed by atoms with van der Waals surface area (Å²) in [5.41, 5.74) is 0. The average molecular weight is 324 g/mol. The highest BCUT2D eigenvalue weighted by molar-refractivity contribution is 7.99. The van der Waals surface area contributed by atoms with Crippen LogP contribution in [0, 0.1) is 5.92 Å². The molecule has 124 valence electrons. The van der Waals surface area contributed by atoms with Crippen LogP contribution < -0.4 is 5.32 Å². The highest BCUT2D eigenvalue weighted by Crippen LogP contribution is 2.32. The Morgan fingerprint density at radius 2 is 2.05 bits per heavy atom. The number of H-pyrrole nitrogens is 1. The number of hydrogen-bond acceptors (Lipinski definition) is 4. The molecule has 1 heterocycles. The van der Waals surface area contributed by atoms with Crippen molar-refractivity contribution in [2.45, 2.75) is 76.4 Å². The van der Waals surface area contributed by atoms with Gasteiger partial charge in [-0.15, -0.1) is 5.10 Å². The molecule has 1 aromatic rings. The second-order valence-electron chi connectivity index (χ2n) is 6.71. The summed E-state index contributed by atoms with van der Waals surface area (Å²) >= 11 is 1.41. The van der Waals surface area contributed by atoms with E-state index in [2.05, 4.69) is 41.3 Å². The molecule has 0 aliphatic heterocycles. The maximum atomic E-state index is 11.9. The molecule has 1 aliphatic rings. The third-order valence-electron chi connectivity index (χ3n) is 4.14. The molecular weight excluding hydrogens is 296 g/mol. The molecule has 1 unspecified atom stereocenters. The van der Waals surface area contributed by atoms with E-state index in [0.29, 0.717) is 22.7 Å². The lowest BCUT2D eigenvalue weighted by molar-refractivity contribution is -0.119. The molecule has 1 saturated carbocycles. The molecule has 2 N–H and O–H groups in total. The fraction of sp³-hybridized carbons (Fsp3) is 0.812. The lowest BCUT2D eigenvalue weighted by Gasteiger charge is -2.14. The second-order valence-corrected chi connectivity index (χ2v) is 7.66. The standard InChI is InChI=1S/C16H28N4OS/c1-11(2)8-9-12(3)17-14(21)10-22-16-18-15(19-20-16)13-6-4-5-7-13/h11-13H,4-10H2,1-3H3,(H,17,21)(H,18,19,20). The Bertz CT molecular complexity index is 468. The molecule has 1 fully saturated rings. The van der Waals surface area contributed by atoms with Crippen LogP contribution in [0.1, 0.15) is 71.0 Å². The SMILES string of the molecule is CC(C)CCC(C)NC(=O)CSc1n[nH]c(C2CCCC2)n1. The van der Waals surface area contributed by atoms with Gasteiger partial charge in [-0.3, -0.25) is 9.89 Å². The Labute approximate surface area is 137 Å². The van der Waals surface area contributed by atoms with E-state index in [1.165, 1.54) is 37.4 Å². The lowest BCUT2D eigenvalue weighted by atomic mass is 10.0. The summed E-state index contributed by atoms with van der Waals surface area (Å²) in [6.45, 7) is 6.47. The van der Waals surface area contributed by atoms with E-state index in [1.54, 1.807) is 0 Å². The average Bonchev–Trinajstić information content (AvgIpc) is 3.13. The molecule has 0 aromatic carbocycles. The molecular formula is C16H28N4OS. The highest BCUT2D eigenvalue weighted by atomic mass is 32.2. The Morgan fingerprint density at radius 3 is 2.73 bits per heavy atom. The first-order valence-electron chi connectivity index (χ1n) is 8.39. The first-order valence-corrected chi connectivity index (χ1v) is 9.37. The van der Waals surface area contributed by atoms with Crippen LogP contribution in [0.5, 0.6) is 0 Å². The van der Waals surface area contributed by atoms with Gasteiger partial charge >= 0.3 is 0 Å². The maximum Gasteiger partial charge on any atom is 0.230 e. The van der Waals surface area contributed by atoms with Crippen molar-refractivity contribution in [2.24, 2.45) is 5.92 Å². The monoisotopic (exact) mass is 324 g/mol. The van der Waals surface area contributed by atoms with Crippen molar-refractivity contribution in [3.63, 3.8) is 0 Å². The zero-order valence-electron chi connectivity index (χ0n) is 13.9. The number of nitrogens with one attached hydrogen (secondary N) is 2. The Morgan fingerprint density at radius 1 is 1.32 bits per heavy atom. The van der Waals surface area contributed by atoms with Crippen LogP contribution in [-0.4, -0.2) is 32.9 Å². The van der Waals surface area contributed by atoms with E-state index < -0.39 is 0 Å². The summed E-state index contributed by atoms with van der Waals surface area (Å²) in [6.07, 6.45) is 7.14. The van der Waals surface area contributed by atoms with Crippen LogP contribution in [0.4, 0.5) is 0 Å². The quantitative estimate of drug-likeness (QED) is 0.718.